The van der Waals surface area contributed by atoms with Crippen LogP contribution in [0.4, 0.5) is 0 Å². The number of para-hydroxylation sites is 1. The average Bonchev–Trinajstić information content (AvgIpc) is 3.13. The highest BCUT2D eigenvalue weighted by Crippen LogP contribution is 2.32. The minimum atomic E-state index is -0.688. The Balaban J connectivity index is 1.91. The van der Waals surface area contributed by atoms with Gasteiger partial charge < -0.3 is 13.9 Å². The molecule has 4 aromatic rings. The van der Waals surface area contributed by atoms with Crippen LogP contribution in [-0.2, 0) is 0 Å². The Morgan fingerprint density at radius 2 is 1.70 bits per heavy atom. The third-order valence-corrected chi connectivity index (χ3v) is 3.58. The second-order valence-electron chi connectivity index (χ2n) is 4.81. The number of hydrogen-bond acceptors (Lipinski definition) is 3. The van der Waals surface area contributed by atoms with Crippen LogP contribution in [0.2, 0.25) is 0 Å². The van der Waals surface area contributed by atoms with E-state index < -0.39 is 6.10 Å². The number of hydrogen-bond donors (Lipinski definition) is 1. The monoisotopic (exact) mass is 264 g/mol. The highest BCUT2D eigenvalue weighted by atomic mass is 16.3. The van der Waals surface area contributed by atoms with E-state index in [1.165, 1.54) is 0 Å². The van der Waals surface area contributed by atoms with Crippen molar-refractivity contribution in [2.45, 2.75) is 6.10 Å². The fourth-order valence-electron chi connectivity index (χ4n) is 2.54. The zero-order chi connectivity index (χ0) is 13.5. The molecule has 1 N–H and O–H groups in total. The van der Waals surface area contributed by atoms with Crippen LogP contribution < -0.4 is 0 Å². The lowest BCUT2D eigenvalue weighted by Gasteiger charge is -2.08. The molecule has 4 rings (SSSR count). The zero-order valence-electron chi connectivity index (χ0n) is 10.6. The Morgan fingerprint density at radius 1 is 0.850 bits per heavy atom. The van der Waals surface area contributed by atoms with Gasteiger partial charge in [0.1, 0.15) is 17.3 Å². The van der Waals surface area contributed by atoms with Crippen molar-refractivity contribution in [3.63, 3.8) is 0 Å². The summed E-state index contributed by atoms with van der Waals surface area (Å²) in [5.41, 5.74) is 3.26. The maximum atomic E-state index is 10.4. The first-order valence-corrected chi connectivity index (χ1v) is 6.44. The largest absolute Gasteiger partial charge is 0.472 e. The Labute approximate surface area is 115 Å². The van der Waals surface area contributed by atoms with Crippen molar-refractivity contribution in [3.05, 3.63) is 72.2 Å². The van der Waals surface area contributed by atoms with Crippen LogP contribution in [0.1, 0.15) is 17.2 Å². The third-order valence-electron chi connectivity index (χ3n) is 3.58. The van der Waals surface area contributed by atoms with Crippen LogP contribution in [0.3, 0.4) is 0 Å². The van der Waals surface area contributed by atoms with Gasteiger partial charge in [-0.15, -0.1) is 0 Å². The van der Waals surface area contributed by atoms with Gasteiger partial charge >= 0.3 is 0 Å². The SMILES string of the molecule is OC(c1ccoc1)c1ccc2oc3ccccc3c2c1. The van der Waals surface area contributed by atoms with Crippen molar-refractivity contribution in [1.29, 1.82) is 0 Å². The Morgan fingerprint density at radius 3 is 2.55 bits per heavy atom. The summed E-state index contributed by atoms with van der Waals surface area (Å²) in [4.78, 5) is 0. The van der Waals surface area contributed by atoms with E-state index >= 15 is 0 Å². The van der Waals surface area contributed by atoms with Gasteiger partial charge in [0.15, 0.2) is 0 Å². The van der Waals surface area contributed by atoms with Gasteiger partial charge in [-0.05, 0) is 29.8 Å². The molecule has 0 saturated heterocycles. The van der Waals surface area contributed by atoms with Crippen molar-refractivity contribution in [2.75, 3.05) is 0 Å². The molecule has 0 saturated carbocycles. The van der Waals surface area contributed by atoms with Crippen molar-refractivity contribution in [2.24, 2.45) is 0 Å². The molecule has 0 spiro atoms. The van der Waals surface area contributed by atoms with E-state index in [2.05, 4.69) is 0 Å². The first kappa shape index (κ1) is 11.3. The second kappa shape index (κ2) is 4.25. The van der Waals surface area contributed by atoms with Crippen molar-refractivity contribution in [3.8, 4) is 0 Å². The van der Waals surface area contributed by atoms with Gasteiger partial charge in [-0.25, -0.2) is 0 Å². The van der Waals surface area contributed by atoms with Gasteiger partial charge in [-0.1, -0.05) is 24.3 Å². The van der Waals surface area contributed by atoms with Gasteiger partial charge in [0.25, 0.3) is 0 Å². The lowest BCUT2D eigenvalue weighted by atomic mass is 10.0. The predicted octanol–water partition coefficient (Wildman–Crippen LogP) is 4.26. The summed E-state index contributed by atoms with van der Waals surface area (Å²) in [5, 5.41) is 12.4. The number of fused-ring (bicyclic) bond motifs is 3. The first-order chi connectivity index (χ1) is 9.83. The van der Waals surface area contributed by atoms with Gasteiger partial charge in [0.2, 0.25) is 0 Å². The highest BCUT2D eigenvalue weighted by Gasteiger charge is 2.14. The highest BCUT2D eigenvalue weighted by molar-refractivity contribution is 6.05. The normalized spacial score (nSPS) is 13.1. The number of aliphatic hydroxyl groups is 1. The molecule has 20 heavy (non-hydrogen) atoms. The molecule has 0 aliphatic rings. The molecule has 3 nitrogen and oxygen atoms in total. The fourth-order valence-corrected chi connectivity index (χ4v) is 2.54. The lowest BCUT2D eigenvalue weighted by Crippen LogP contribution is -1.97. The summed E-state index contributed by atoms with van der Waals surface area (Å²) < 4.78 is 10.8. The number of benzene rings is 2. The quantitative estimate of drug-likeness (QED) is 0.588. The Kier molecular flexibility index (Phi) is 2.41. The van der Waals surface area contributed by atoms with E-state index in [1.54, 1.807) is 18.6 Å². The standard InChI is InChI=1S/C17H12O3/c18-17(12-7-8-19-10-12)11-5-6-16-14(9-11)13-3-1-2-4-15(13)20-16/h1-10,17-18H. The number of rotatable bonds is 2. The lowest BCUT2D eigenvalue weighted by molar-refractivity contribution is 0.219. The molecule has 98 valence electrons. The second-order valence-corrected chi connectivity index (χ2v) is 4.81. The summed E-state index contributed by atoms with van der Waals surface area (Å²) in [5.74, 6) is 0. The fraction of sp³-hybridized carbons (Fsp3) is 0.0588. The predicted molar refractivity (Wildman–Crippen MR) is 76.5 cm³/mol. The molecule has 0 radical (unpaired) electrons. The smallest absolute Gasteiger partial charge is 0.135 e. The van der Waals surface area contributed by atoms with E-state index in [1.807, 2.05) is 42.5 Å². The van der Waals surface area contributed by atoms with Gasteiger partial charge in [-0.3, -0.25) is 0 Å². The molecule has 2 aromatic heterocycles. The van der Waals surface area contributed by atoms with E-state index in [0.29, 0.717) is 0 Å². The van der Waals surface area contributed by atoms with Crippen LogP contribution in [0, 0.1) is 0 Å². The summed E-state index contributed by atoms with van der Waals surface area (Å²) >= 11 is 0. The van der Waals surface area contributed by atoms with Crippen LogP contribution in [0.15, 0.2) is 69.9 Å². The van der Waals surface area contributed by atoms with Crippen LogP contribution in [-0.4, -0.2) is 5.11 Å². The number of aliphatic hydroxyl groups excluding tert-OH is 1. The van der Waals surface area contributed by atoms with Gasteiger partial charge in [-0.2, -0.15) is 0 Å². The minimum Gasteiger partial charge on any atom is -0.472 e. The summed E-state index contributed by atoms with van der Waals surface area (Å²) in [6.45, 7) is 0. The van der Waals surface area contributed by atoms with Crippen molar-refractivity contribution in [1.82, 2.24) is 0 Å². The van der Waals surface area contributed by atoms with Crippen molar-refractivity contribution >= 4 is 21.9 Å². The molecule has 2 heterocycles. The van der Waals surface area contributed by atoms with Gasteiger partial charge in [0, 0.05) is 16.3 Å². The molecule has 0 bridgehead atoms. The average molecular weight is 264 g/mol. The minimum absolute atomic E-state index is 0.688. The topological polar surface area (TPSA) is 46.5 Å². The summed E-state index contributed by atoms with van der Waals surface area (Å²) in [6, 6.07) is 15.4. The molecule has 1 unspecified atom stereocenters. The van der Waals surface area contributed by atoms with Gasteiger partial charge in [0.05, 0.1) is 12.5 Å². The molecule has 0 fully saturated rings. The van der Waals surface area contributed by atoms with E-state index in [9.17, 15) is 5.11 Å². The molecule has 0 aliphatic carbocycles. The summed E-state index contributed by atoms with van der Waals surface area (Å²) in [6.07, 6.45) is 2.43. The van der Waals surface area contributed by atoms with E-state index in [-0.39, 0.29) is 0 Å². The van der Waals surface area contributed by atoms with E-state index in [4.69, 9.17) is 8.83 Å². The molecular formula is C17H12O3. The molecule has 0 amide bonds. The maximum Gasteiger partial charge on any atom is 0.135 e. The van der Waals surface area contributed by atoms with Crippen molar-refractivity contribution < 1.29 is 13.9 Å². The summed E-state index contributed by atoms with van der Waals surface area (Å²) in [7, 11) is 0. The third kappa shape index (κ3) is 1.64. The molecular weight excluding hydrogens is 252 g/mol. The van der Waals surface area contributed by atoms with Crippen LogP contribution in [0.5, 0.6) is 0 Å². The molecule has 2 aromatic carbocycles. The van der Waals surface area contributed by atoms with Crippen LogP contribution >= 0.6 is 0 Å². The zero-order valence-corrected chi connectivity index (χ0v) is 10.6. The molecule has 1 atom stereocenters. The first-order valence-electron chi connectivity index (χ1n) is 6.44. The molecule has 0 aliphatic heterocycles. The van der Waals surface area contributed by atoms with Crippen LogP contribution in [0.25, 0.3) is 21.9 Å². The number of furan rings is 2. The Hall–Kier alpha value is -2.52. The maximum absolute atomic E-state index is 10.4. The molecule has 3 heteroatoms. The van der Waals surface area contributed by atoms with E-state index in [0.717, 1.165) is 33.1 Å². The Bertz CT molecular complexity index is 872.